The summed E-state index contributed by atoms with van der Waals surface area (Å²) < 4.78 is 7.26. The Labute approximate surface area is 123 Å². The van der Waals surface area contributed by atoms with Crippen LogP contribution in [0.15, 0.2) is 72.6 Å². The topological polar surface area (TPSA) is 39.4 Å². The Morgan fingerprint density at radius 3 is 3.00 bits per heavy atom. The van der Waals surface area contributed by atoms with E-state index in [1.807, 2.05) is 48.5 Å². The number of aromatic nitrogens is 2. The number of para-hydroxylation sites is 2. The van der Waals surface area contributed by atoms with Crippen LogP contribution in [0.25, 0.3) is 11.0 Å². The summed E-state index contributed by atoms with van der Waals surface area (Å²) >= 11 is 0. The van der Waals surface area contributed by atoms with Crippen molar-refractivity contribution in [3.8, 4) is 5.75 Å². The third-order valence-electron chi connectivity index (χ3n) is 2.99. The lowest BCUT2D eigenvalue weighted by molar-refractivity contribution is 0.363. The number of benzene rings is 2. The van der Waals surface area contributed by atoms with Gasteiger partial charge in [-0.2, -0.15) is 5.10 Å². The van der Waals surface area contributed by atoms with Crippen LogP contribution in [0.3, 0.4) is 0 Å². The van der Waals surface area contributed by atoms with Gasteiger partial charge in [0.1, 0.15) is 18.7 Å². The number of imidazole rings is 1. The van der Waals surface area contributed by atoms with Crippen molar-refractivity contribution in [2.45, 2.75) is 0 Å². The summed E-state index contributed by atoms with van der Waals surface area (Å²) in [4.78, 5) is 4.30. The Morgan fingerprint density at radius 2 is 2.10 bits per heavy atom. The van der Waals surface area contributed by atoms with Gasteiger partial charge in [0.05, 0.1) is 17.2 Å². The first-order valence-electron chi connectivity index (χ1n) is 6.67. The van der Waals surface area contributed by atoms with E-state index in [0.717, 1.165) is 22.3 Å². The van der Waals surface area contributed by atoms with Crippen molar-refractivity contribution in [1.82, 2.24) is 9.66 Å². The molecule has 0 unspecified atom stereocenters. The van der Waals surface area contributed by atoms with E-state index in [1.165, 1.54) is 0 Å². The highest BCUT2D eigenvalue weighted by Gasteiger charge is 1.99. The largest absolute Gasteiger partial charge is 0.490 e. The van der Waals surface area contributed by atoms with Crippen molar-refractivity contribution >= 4 is 17.2 Å². The number of nitrogens with zero attached hydrogens (tertiary/aromatic N) is 3. The molecule has 3 aromatic rings. The first-order valence-corrected chi connectivity index (χ1v) is 6.67. The van der Waals surface area contributed by atoms with Gasteiger partial charge in [0.25, 0.3) is 0 Å². The molecule has 0 amide bonds. The first kappa shape index (κ1) is 13.1. The maximum absolute atomic E-state index is 5.50. The molecule has 4 nitrogen and oxygen atoms in total. The van der Waals surface area contributed by atoms with Gasteiger partial charge < -0.3 is 4.74 Å². The standard InChI is InChI=1S/C17H15N3O/c1-2-10-21-15-7-5-6-14(11-15)12-19-20-13-18-16-8-3-4-9-17(16)20/h2-9,11-13H,1,10H2/b19-12-. The molecule has 0 saturated heterocycles. The van der Waals surface area contributed by atoms with Crippen molar-refractivity contribution in [2.75, 3.05) is 6.61 Å². The van der Waals surface area contributed by atoms with Gasteiger partial charge in [0, 0.05) is 0 Å². The van der Waals surface area contributed by atoms with Gasteiger partial charge in [-0.3, -0.25) is 0 Å². The van der Waals surface area contributed by atoms with Crippen LogP contribution in [0, 0.1) is 0 Å². The van der Waals surface area contributed by atoms with Crippen LogP contribution in [0.4, 0.5) is 0 Å². The summed E-state index contributed by atoms with van der Waals surface area (Å²) in [5, 5.41) is 4.44. The number of hydrogen-bond donors (Lipinski definition) is 0. The van der Waals surface area contributed by atoms with E-state index in [2.05, 4.69) is 16.7 Å². The van der Waals surface area contributed by atoms with Gasteiger partial charge in [-0.05, 0) is 29.8 Å². The van der Waals surface area contributed by atoms with Gasteiger partial charge in [-0.15, -0.1) is 0 Å². The number of fused-ring (bicyclic) bond motifs is 1. The maximum atomic E-state index is 5.50. The van der Waals surface area contributed by atoms with E-state index < -0.39 is 0 Å². The van der Waals surface area contributed by atoms with Gasteiger partial charge in [-0.25, -0.2) is 9.66 Å². The molecule has 0 bridgehead atoms. The summed E-state index contributed by atoms with van der Waals surface area (Å²) in [6, 6.07) is 15.6. The van der Waals surface area contributed by atoms with E-state index in [0.29, 0.717) is 6.61 Å². The fraction of sp³-hybridized carbons (Fsp3) is 0.0588. The van der Waals surface area contributed by atoms with Gasteiger partial charge in [0.2, 0.25) is 0 Å². The molecule has 3 rings (SSSR count). The molecule has 21 heavy (non-hydrogen) atoms. The lowest BCUT2D eigenvalue weighted by Gasteiger charge is -2.03. The zero-order valence-corrected chi connectivity index (χ0v) is 11.5. The lowest BCUT2D eigenvalue weighted by atomic mass is 10.2. The van der Waals surface area contributed by atoms with Crippen molar-refractivity contribution < 1.29 is 4.74 Å². The number of rotatable bonds is 5. The predicted molar refractivity (Wildman–Crippen MR) is 84.9 cm³/mol. The summed E-state index contributed by atoms with van der Waals surface area (Å²) in [7, 11) is 0. The highest BCUT2D eigenvalue weighted by molar-refractivity contribution is 5.81. The maximum Gasteiger partial charge on any atom is 0.120 e. The lowest BCUT2D eigenvalue weighted by Crippen LogP contribution is -1.94. The molecule has 4 heteroatoms. The molecule has 0 saturated carbocycles. The van der Waals surface area contributed by atoms with Crippen LogP contribution in [0.5, 0.6) is 5.75 Å². The minimum Gasteiger partial charge on any atom is -0.490 e. The molecule has 0 radical (unpaired) electrons. The molecule has 0 aliphatic heterocycles. The van der Waals surface area contributed by atoms with Crippen LogP contribution in [0.2, 0.25) is 0 Å². The molecule has 104 valence electrons. The Bertz CT molecular complexity index is 789. The minimum absolute atomic E-state index is 0.493. The van der Waals surface area contributed by atoms with Gasteiger partial charge in [-0.1, -0.05) is 36.9 Å². The SMILES string of the molecule is C=CCOc1cccc(/C=N\n2cnc3ccccc32)c1. The first-order chi connectivity index (χ1) is 10.4. The molecule has 0 spiro atoms. The van der Waals surface area contributed by atoms with E-state index in [9.17, 15) is 0 Å². The molecule has 1 heterocycles. The molecule has 0 aliphatic carbocycles. The van der Waals surface area contributed by atoms with E-state index in [4.69, 9.17) is 4.74 Å². The Kier molecular flexibility index (Phi) is 3.78. The Morgan fingerprint density at radius 1 is 1.19 bits per heavy atom. The monoisotopic (exact) mass is 277 g/mol. The fourth-order valence-electron chi connectivity index (χ4n) is 2.01. The summed E-state index contributed by atoms with van der Waals surface area (Å²) in [5.74, 6) is 0.800. The van der Waals surface area contributed by atoms with Crippen LogP contribution >= 0.6 is 0 Å². The van der Waals surface area contributed by atoms with Crippen LogP contribution in [0.1, 0.15) is 5.56 Å². The fourth-order valence-corrected chi connectivity index (χ4v) is 2.01. The van der Waals surface area contributed by atoms with E-state index in [1.54, 1.807) is 23.3 Å². The van der Waals surface area contributed by atoms with Gasteiger partial charge in [0.15, 0.2) is 0 Å². The highest BCUT2D eigenvalue weighted by atomic mass is 16.5. The zero-order chi connectivity index (χ0) is 14.5. The molecule has 0 aliphatic rings. The smallest absolute Gasteiger partial charge is 0.120 e. The predicted octanol–water partition coefficient (Wildman–Crippen LogP) is 3.48. The summed E-state index contributed by atoms with van der Waals surface area (Å²) in [6.45, 7) is 4.13. The number of ether oxygens (including phenoxy) is 1. The zero-order valence-electron chi connectivity index (χ0n) is 11.5. The van der Waals surface area contributed by atoms with E-state index in [-0.39, 0.29) is 0 Å². The van der Waals surface area contributed by atoms with Crippen molar-refractivity contribution in [3.05, 3.63) is 73.1 Å². The summed E-state index contributed by atoms with van der Waals surface area (Å²) in [5.41, 5.74) is 2.87. The normalized spacial score (nSPS) is 11.0. The van der Waals surface area contributed by atoms with Crippen LogP contribution in [-0.4, -0.2) is 22.5 Å². The Hall–Kier alpha value is -2.88. The van der Waals surface area contributed by atoms with Gasteiger partial charge >= 0.3 is 0 Å². The second kappa shape index (κ2) is 6.05. The van der Waals surface area contributed by atoms with Crippen molar-refractivity contribution in [3.63, 3.8) is 0 Å². The van der Waals surface area contributed by atoms with Crippen molar-refractivity contribution in [1.29, 1.82) is 0 Å². The minimum atomic E-state index is 0.493. The van der Waals surface area contributed by atoms with Crippen LogP contribution in [-0.2, 0) is 0 Å². The average molecular weight is 277 g/mol. The molecule has 0 atom stereocenters. The second-order valence-electron chi connectivity index (χ2n) is 4.49. The third kappa shape index (κ3) is 3.00. The third-order valence-corrected chi connectivity index (χ3v) is 2.99. The second-order valence-corrected chi connectivity index (χ2v) is 4.49. The number of hydrogen-bond acceptors (Lipinski definition) is 3. The molecule has 0 fully saturated rings. The molecule has 1 aromatic heterocycles. The van der Waals surface area contributed by atoms with Crippen molar-refractivity contribution in [2.24, 2.45) is 5.10 Å². The molecule has 0 N–H and O–H groups in total. The molecular formula is C17H15N3O. The average Bonchev–Trinajstić information content (AvgIpc) is 2.95. The van der Waals surface area contributed by atoms with E-state index >= 15 is 0 Å². The Balaban J connectivity index is 1.84. The van der Waals surface area contributed by atoms with Crippen LogP contribution < -0.4 is 4.74 Å². The molecular weight excluding hydrogens is 262 g/mol. The highest BCUT2D eigenvalue weighted by Crippen LogP contribution is 2.13. The quantitative estimate of drug-likeness (QED) is 0.529. The molecule has 2 aromatic carbocycles. The summed E-state index contributed by atoms with van der Waals surface area (Å²) in [6.07, 6.45) is 5.21.